The van der Waals surface area contributed by atoms with Crippen LogP contribution in [0.15, 0.2) is 71.3 Å². The normalized spacial score (nSPS) is 15.2. The molecule has 1 atom stereocenters. The topological polar surface area (TPSA) is 131 Å². The zero-order valence-electron chi connectivity index (χ0n) is 19.0. The predicted octanol–water partition coefficient (Wildman–Crippen LogP) is 2.18. The van der Waals surface area contributed by atoms with Crippen molar-refractivity contribution >= 4 is 29.5 Å². The van der Waals surface area contributed by atoms with Crippen molar-refractivity contribution in [3.05, 3.63) is 83.6 Å². The number of hydrogen-bond acceptors (Lipinski definition) is 7. The van der Waals surface area contributed by atoms with Gasteiger partial charge < -0.3 is 14.6 Å². The lowest BCUT2D eigenvalue weighted by molar-refractivity contribution is -0.151. The maximum Gasteiger partial charge on any atom is 0.311 e. The van der Waals surface area contributed by atoms with Crippen molar-refractivity contribution in [1.29, 1.82) is 0 Å². The predicted molar refractivity (Wildman–Crippen MR) is 124 cm³/mol. The van der Waals surface area contributed by atoms with E-state index in [1.807, 2.05) is 60.7 Å². The van der Waals surface area contributed by atoms with Gasteiger partial charge in [-0.3, -0.25) is 29.6 Å². The molecule has 1 aromatic heterocycles. The summed E-state index contributed by atoms with van der Waals surface area (Å²) in [5, 5.41) is 7.20. The highest BCUT2D eigenvalue weighted by Crippen LogP contribution is 2.26. The summed E-state index contributed by atoms with van der Waals surface area (Å²) in [4.78, 5) is 50.1. The number of aromatic nitrogens is 1. The fourth-order valence-corrected chi connectivity index (χ4v) is 3.82. The Morgan fingerprint density at radius 3 is 2.29 bits per heavy atom. The summed E-state index contributed by atoms with van der Waals surface area (Å²) >= 11 is 0. The number of anilines is 1. The second kappa shape index (κ2) is 10.6. The number of carbonyl (C=O) groups excluding carboxylic acids is 4. The van der Waals surface area contributed by atoms with Gasteiger partial charge in [0, 0.05) is 12.5 Å². The lowest BCUT2D eigenvalue weighted by atomic mass is 9.91. The molecule has 3 aromatic rings. The molecule has 1 fully saturated rings. The number of ether oxygens (including phenoxy) is 1. The van der Waals surface area contributed by atoms with E-state index in [0.29, 0.717) is 5.76 Å². The van der Waals surface area contributed by atoms with E-state index in [-0.39, 0.29) is 18.8 Å². The average Bonchev–Trinajstić information content (AvgIpc) is 3.43. The maximum atomic E-state index is 13.2. The molecule has 1 aliphatic rings. The van der Waals surface area contributed by atoms with Gasteiger partial charge >= 0.3 is 5.97 Å². The molecule has 1 aliphatic heterocycles. The summed E-state index contributed by atoms with van der Waals surface area (Å²) in [6.07, 6.45) is -0.134. The van der Waals surface area contributed by atoms with E-state index in [9.17, 15) is 19.2 Å². The SMILES string of the molecule is Cc1cc(NC(=O)COC(=O)C2CC(=O)N(NC(=O)C(c3ccccc3)c3ccccc3)C2)no1. The molecule has 2 aromatic carbocycles. The van der Waals surface area contributed by atoms with Crippen LogP contribution in [-0.4, -0.2) is 47.0 Å². The third kappa shape index (κ3) is 5.91. The molecule has 2 N–H and O–H groups in total. The highest BCUT2D eigenvalue weighted by Gasteiger charge is 2.37. The fraction of sp³-hybridized carbons (Fsp3) is 0.240. The smallest absolute Gasteiger partial charge is 0.311 e. The molecule has 0 spiro atoms. The van der Waals surface area contributed by atoms with Crippen molar-refractivity contribution < 1.29 is 28.4 Å². The first-order valence-electron chi connectivity index (χ1n) is 11.0. The largest absolute Gasteiger partial charge is 0.455 e. The Bertz CT molecular complexity index is 1170. The molecule has 4 rings (SSSR count). The molecule has 3 amide bonds. The second-order valence-corrected chi connectivity index (χ2v) is 8.11. The van der Waals surface area contributed by atoms with Gasteiger partial charge in [-0.25, -0.2) is 0 Å². The van der Waals surface area contributed by atoms with Gasteiger partial charge in [0.2, 0.25) is 5.91 Å². The first-order chi connectivity index (χ1) is 16.9. The van der Waals surface area contributed by atoms with E-state index in [1.165, 1.54) is 6.07 Å². The average molecular weight is 476 g/mol. The summed E-state index contributed by atoms with van der Waals surface area (Å²) < 4.78 is 9.90. The molecule has 0 radical (unpaired) electrons. The number of hydrogen-bond donors (Lipinski definition) is 2. The van der Waals surface area contributed by atoms with Crippen LogP contribution in [0.5, 0.6) is 0 Å². The summed E-state index contributed by atoms with van der Waals surface area (Å²) in [5.74, 6) is -2.82. The van der Waals surface area contributed by atoms with Crippen molar-refractivity contribution in [2.24, 2.45) is 5.92 Å². The van der Waals surface area contributed by atoms with Crippen LogP contribution in [0.2, 0.25) is 0 Å². The summed E-state index contributed by atoms with van der Waals surface area (Å²) in [5.41, 5.74) is 4.19. The van der Waals surface area contributed by atoms with Crippen molar-refractivity contribution in [3.63, 3.8) is 0 Å². The number of esters is 1. The van der Waals surface area contributed by atoms with Crippen molar-refractivity contribution in [2.45, 2.75) is 19.3 Å². The highest BCUT2D eigenvalue weighted by molar-refractivity contribution is 5.94. The quantitative estimate of drug-likeness (QED) is 0.477. The zero-order valence-corrected chi connectivity index (χ0v) is 19.0. The van der Waals surface area contributed by atoms with Gasteiger partial charge in [0.05, 0.1) is 18.4 Å². The molecule has 10 nitrogen and oxygen atoms in total. The number of benzene rings is 2. The fourth-order valence-electron chi connectivity index (χ4n) is 3.82. The summed E-state index contributed by atoms with van der Waals surface area (Å²) in [7, 11) is 0. The molecule has 10 heteroatoms. The van der Waals surface area contributed by atoms with Crippen LogP contribution in [0, 0.1) is 12.8 Å². The van der Waals surface area contributed by atoms with Crippen LogP contribution in [0.1, 0.15) is 29.2 Å². The Morgan fingerprint density at radius 2 is 1.71 bits per heavy atom. The molecular weight excluding hydrogens is 452 g/mol. The Morgan fingerprint density at radius 1 is 1.09 bits per heavy atom. The molecule has 0 bridgehead atoms. The van der Waals surface area contributed by atoms with E-state index in [0.717, 1.165) is 16.1 Å². The first-order valence-corrected chi connectivity index (χ1v) is 11.0. The minimum absolute atomic E-state index is 0.0518. The molecular formula is C25H24N4O6. The number of aryl methyl sites for hydroxylation is 1. The van der Waals surface area contributed by atoms with E-state index in [4.69, 9.17) is 9.26 Å². The number of rotatable bonds is 8. The number of nitrogens with zero attached hydrogens (tertiary/aromatic N) is 2. The van der Waals surface area contributed by atoms with Crippen LogP contribution in [0.25, 0.3) is 0 Å². The number of carbonyl (C=O) groups is 4. The summed E-state index contributed by atoms with van der Waals surface area (Å²) in [6, 6.07) is 20.0. The van der Waals surface area contributed by atoms with Gasteiger partial charge in [-0.2, -0.15) is 0 Å². The third-order valence-corrected chi connectivity index (χ3v) is 5.47. The van der Waals surface area contributed by atoms with Crippen molar-refractivity contribution in [2.75, 3.05) is 18.5 Å². The van der Waals surface area contributed by atoms with Crippen LogP contribution in [0.3, 0.4) is 0 Å². The Balaban J connectivity index is 1.35. The highest BCUT2D eigenvalue weighted by atomic mass is 16.5. The van der Waals surface area contributed by atoms with Crippen LogP contribution >= 0.6 is 0 Å². The first kappa shape index (κ1) is 23.7. The van der Waals surface area contributed by atoms with Crippen LogP contribution in [0.4, 0.5) is 5.82 Å². The number of hydrazine groups is 1. The minimum Gasteiger partial charge on any atom is -0.455 e. The van der Waals surface area contributed by atoms with E-state index in [2.05, 4.69) is 15.9 Å². The number of nitrogens with one attached hydrogen (secondary N) is 2. The van der Waals surface area contributed by atoms with E-state index >= 15 is 0 Å². The Kier molecular flexibility index (Phi) is 7.20. The Labute approximate surface area is 201 Å². The lowest BCUT2D eigenvalue weighted by Gasteiger charge is -2.23. The van der Waals surface area contributed by atoms with Crippen LogP contribution in [-0.2, 0) is 23.9 Å². The van der Waals surface area contributed by atoms with Gasteiger partial charge in [-0.15, -0.1) is 0 Å². The zero-order chi connectivity index (χ0) is 24.8. The molecule has 35 heavy (non-hydrogen) atoms. The third-order valence-electron chi connectivity index (χ3n) is 5.47. The van der Waals surface area contributed by atoms with Gasteiger partial charge in [-0.05, 0) is 18.1 Å². The van der Waals surface area contributed by atoms with Gasteiger partial charge in [0.15, 0.2) is 12.4 Å². The van der Waals surface area contributed by atoms with E-state index in [1.54, 1.807) is 6.92 Å². The Hall–Kier alpha value is -4.47. The van der Waals surface area contributed by atoms with Crippen LogP contribution < -0.4 is 10.7 Å². The molecule has 180 valence electrons. The molecule has 2 heterocycles. The van der Waals surface area contributed by atoms with Gasteiger partial charge in [-0.1, -0.05) is 65.8 Å². The van der Waals surface area contributed by atoms with E-state index < -0.39 is 42.1 Å². The summed E-state index contributed by atoms with van der Waals surface area (Å²) in [6.45, 7) is 1.09. The molecule has 1 saturated heterocycles. The molecule has 0 aliphatic carbocycles. The van der Waals surface area contributed by atoms with Crippen molar-refractivity contribution in [3.8, 4) is 0 Å². The minimum atomic E-state index is -0.809. The standard InChI is InChI=1S/C25H24N4O6/c1-16-12-20(28-35-16)26-21(30)15-34-25(33)19-13-22(31)29(14-19)27-24(32)23(17-8-4-2-5-9-17)18-10-6-3-7-11-18/h2-12,19,23H,13-15H2,1H3,(H,27,32)(H,26,28,30). The lowest BCUT2D eigenvalue weighted by Crippen LogP contribution is -2.45. The van der Waals surface area contributed by atoms with Gasteiger partial charge in [0.25, 0.3) is 11.8 Å². The number of amides is 3. The maximum absolute atomic E-state index is 13.2. The molecule has 1 unspecified atom stereocenters. The van der Waals surface area contributed by atoms with Crippen molar-refractivity contribution in [1.82, 2.24) is 15.6 Å². The molecule has 0 saturated carbocycles. The van der Waals surface area contributed by atoms with Gasteiger partial charge in [0.1, 0.15) is 5.76 Å². The monoisotopic (exact) mass is 476 g/mol. The second-order valence-electron chi connectivity index (χ2n) is 8.11.